The Labute approximate surface area is 219 Å². The minimum Gasteiger partial charge on any atom is -0.493 e. The van der Waals surface area contributed by atoms with E-state index in [9.17, 15) is 4.79 Å². The van der Waals surface area contributed by atoms with Gasteiger partial charge >= 0.3 is 0 Å². The van der Waals surface area contributed by atoms with Gasteiger partial charge in [-0.2, -0.15) is 0 Å². The number of methoxy groups -OCH3 is 4. The molecule has 1 amide bonds. The van der Waals surface area contributed by atoms with Crippen molar-refractivity contribution in [2.75, 3.05) is 48.1 Å². The van der Waals surface area contributed by atoms with E-state index in [1.54, 1.807) is 28.4 Å². The van der Waals surface area contributed by atoms with E-state index in [1.165, 1.54) is 11.1 Å². The molecule has 0 bridgehead atoms. The van der Waals surface area contributed by atoms with Gasteiger partial charge in [0.1, 0.15) is 0 Å². The quantitative estimate of drug-likeness (QED) is 0.422. The third-order valence-corrected chi connectivity index (χ3v) is 6.92. The van der Waals surface area contributed by atoms with Crippen molar-refractivity contribution in [2.24, 2.45) is 0 Å². The molecule has 0 aromatic heterocycles. The average molecular weight is 505 g/mol. The Hall–Kier alpha value is -3.71. The molecule has 37 heavy (non-hydrogen) atoms. The van der Waals surface area contributed by atoms with Gasteiger partial charge in [-0.1, -0.05) is 36.4 Å². The topological polar surface area (TPSA) is 69.3 Å². The molecule has 0 saturated carbocycles. The molecule has 1 unspecified atom stereocenters. The molecule has 0 aliphatic carbocycles. The largest absolute Gasteiger partial charge is 0.493 e. The molecule has 1 atom stereocenters. The molecule has 1 aliphatic rings. The zero-order chi connectivity index (χ0) is 26.2. The maximum absolute atomic E-state index is 13.0. The molecule has 0 radical (unpaired) electrons. The lowest BCUT2D eigenvalue weighted by Gasteiger charge is -2.37. The molecule has 1 heterocycles. The average Bonchev–Trinajstić information content (AvgIpc) is 2.93. The van der Waals surface area contributed by atoms with Crippen molar-refractivity contribution < 1.29 is 23.7 Å². The fourth-order valence-corrected chi connectivity index (χ4v) is 4.97. The summed E-state index contributed by atoms with van der Waals surface area (Å²) in [4.78, 5) is 15.2. The number of carbonyl (C=O) groups is 1. The molecule has 3 aromatic rings. The van der Waals surface area contributed by atoms with Crippen LogP contribution < -0.4 is 24.3 Å². The molecule has 7 nitrogen and oxygen atoms in total. The second kappa shape index (κ2) is 12.5. The van der Waals surface area contributed by atoms with Crippen LogP contribution in [-0.4, -0.2) is 58.9 Å². The summed E-state index contributed by atoms with van der Waals surface area (Å²) in [7, 11) is 6.57. The van der Waals surface area contributed by atoms with Crippen LogP contribution in [0.3, 0.4) is 0 Å². The van der Waals surface area contributed by atoms with Crippen molar-refractivity contribution in [3.05, 3.63) is 82.9 Å². The number of rotatable bonds is 11. The second-order valence-corrected chi connectivity index (χ2v) is 9.12. The number of fused-ring (bicyclic) bond motifs is 1. The van der Waals surface area contributed by atoms with Gasteiger partial charge in [0.15, 0.2) is 23.0 Å². The number of carbonyl (C=O) groups excluding carboxylic acids is 1. The summed E-state index contributed by atoms with van der Waals surface area (Å²) in [5.74, 6) is 2.81. The van der Waals surface area contributed by atoms with Crippen molar-refractivity contribution in [3.8, 4) is 23.0 Å². The molecular formula is C30H36N2O5. The van der Waals surface area contributed by atoms with Gasteiger partial charge in [-0.15, -0.1) is 0 Å². The molecule has 4 rings (SSSR count). The molecule has 0 fully saturated rings. The van der Waals surface area contributed by atoms with Gasteiger partial charge in [0.05, 0.1) is 35.0 Å². The highest BCUT2D eigenvalue weighted by molar-refractivity contribution is 5.78. The van der Waals surface area contributed by atoms with Crippen LogP contribution in [0.2, 0.25) is 0 Å². The van der Waals surface area contributed by atoms with E-state index in [1.807, 2.05) is 30.3 Å². The summed E-state index contributed by atoms with van der Waals surface area (Å²) in [6.45, 7) is 1.70. The monoisotopic (exact) mass is 504 g/mol. The molecule has 1 N–H and O–H groups in total. The fourth-order valence-electron chi connectivity index (χ4n) is 4.97. The first-order valence-corrected chi connectivity index (χ1v) is 12.6. The highest BCUT2D eigenvalue weighted by Crippen LogP contribution is 2.40. The molecule has 196 valence electrons. The van der Waals surface area contributed by atoms with Crippen LogP contribution in [-0.2, 0) is 24.1 Å². The van der Waals surface area contributed by atoms with Crippen LogP contribution in [0.5, 0.6) is 23.0 Å². The number of nitrogens with zero attached hydrogens (tertiary/aromatic N) is 1. The van der Waals surface area contributed by atoms with E-state index in [4.69, 9.17) is 18.9 Å². The Morgan fingerprint density at radius 2 is 1.51 bits per heavy atom. The Bertz CT molecular complexity index is 1200. The first kappa shape index (κ1) is 26.4. The first-order valence-electron chi connectivity index (χ1n) is 12.6. The van der Waals surface area contributed by atoms with Crippen LogP contribution in [0.25, 0.3) is 0 Å². The summed E-state index contributed by atoms with van der Waals surface area (Å²) in [6, 6.07) is 20.3. The third-order valence-electron chi connectivity index (χ3n) is 6.92. The molecular weight excluding hydrogens is 468 g/mol. The van der Waals surface area contributed by atoms with Crippen molar-refractivity contribution in [1.29, 1.82) is 0 Å². The summed E-state index contributed by atoms with van der Waals surface area (Å²) >= 11 is 0. The van der Waals surface area contributed by atoms with Gasteiger partial charge in [-0.05, 0) is 65.8 Å². The molecule has 1 aliphatic heterocycles. The van der Waals surface area contributed by atoms with Crippen LogP contribution in [0.4, 0.5) is 0 Å². The summed E-state index contributed by atoms with van der Waals surface area (Å²) in [5.41, 5.74) is 4.67. The van der Waals surface area contributed by atoms with Crippen molar-refractivity contribution in [1.82, 2.24) is 10.2 Å². The maximum Gasteiger partial charge on any atom is 0.234 e. The fraction of sp³-hybridized carbons (Fsp3) is 0.367. The highest BCUT2D eigenvalue weighted by atomic mass is 16.5. The Kier molecular flexibility index (Phi) is 8.90. The van der Waals surface area contributed by atoms with Gasteiger partial charge in [0, 0.05) is 19.1 Å². The minimum atomic E-state index is -0.0125. The Balaban J connectivity index is 1.56. The van der Waals surface area contributed by atoms with E-state index in [2.05, 4.69) is 40.5 Å². The second-order valence-electron chi connectivity index (χ2n) is 9.12. The normalized spacial score (nSPS) is 15.0. The van der Waals surface area contributed by atoms with Crippen LogP contribution in [0.1, 0.15) is 28.3 Å². The lowest BCUT2D eigenvalue weighted by atomic mass is 9.88. The Morgan fingerprint density at radius 1 is 0.838 bits per heavy atom. The van der Waals surface area contributed by atoms with Crippen LogP contribution >= 0.6 is 0 Å². The van der Waals surface area contributed by atoms with Gasteiger partial charge in [-0.25, -0.2) is 0 Å². The van der Waals surface area contributed by atoms with Gasteiger partial charge in [0.25, 0.3) is 0 Å². The van der Waals surface area contributed by atoms with Crippen molar-refractivity contribution >= 4 is 5.91 Å². The zero-order valence-electron chi connectivity index (χ0n) is 22.1. The molecule has 7 heteroatoms. The molecule has 0 saturated heterocycles. The number of benzene rings is 3. The minimum absolute atomic E-state index is 0.0125. The van der Waals surface area contributed by atoms with Gasteiger partial charge < -0.3 is 24.3 Å². The summed E-state index contributed by atoms with van der Waals surface area (Å²) in [5, 5.41) is 3.10. The predicted molar refractivity (Wildman–Crippen MR) is 144 cm³/mol. The van der Waals surface area contributed by atoms with E-state index in [-0.39, 0.29) is 11.9 Å². The zero-order valence-corrected chi connectivity index (χ0v) is 22.1. The number of hydrogen-bond acceptors (Lipinski definition) is 6. The van der Waals surface area contributed by atoms with Crippen LogP contribution in [0.15, 0.2) is 60.7 Å². The summed E-state index contributed by atoms with van der Waals surface area (Å²) < 4.78 is 22.1. The molecule has 0 spiro atoms. The molecule has 3 aromatic carbocycles. The van der Waals surface area contributed by atoms with Gasteiger partial charge in [-0.3, -0.25) is 9.69 Å². The van der Waals surface area contributed by atoms with Crippen molar-refractivity contribution in [3.63, 3.8) is 0 Å². The standard InChI is InChI=1S/C30H36N2O5/c1-34-26-11-10-22(17-27(26)35-2)16-25-24-19-29(37-4)28(36-3)18-23(24)13-15-32(25)20-30(33)31-14-12-21-8-6-5-7-9-21/h5-11,17-19,25H,12-16,20H2,1-4H3,(H,31,33). The lowest BCUT2D eigenvalue weighted by Crippen LogP contribution is -2.43. The Morgan fingerprint density at radius 3 is 2.22 bits per heavy atom. The van der Waals surface area contributed by atoms with E-state index in [0.29, 0.717) is 36.8 Å². The van der Waals surface area contributed by atoms with E-state index >= 15 is 0 Å². The third kappa shape index (κ3) is 6.35. The predicted octanol–water partition coefficient (Wildman–Crippen LogP) is 4.22. The van der Waals surface area contributed by atoms with E-state index in [0.717, 1.165) is 36.3 Å². The number of nitrogens with one attached hydrogen (secondary N) is 1. The maximum atomic E-state index is 13.0. The number of amides is 1. The first-order chi connectivity index (χ1) is 18.1. The smallest absolute Gasteiger partial charge is 0.234 e. The number of hydrogen-bond donors (Lipinski definition) is 1. The van der Waals surface area contributed by atoms with Crippen molar-refractivity contribution in [2.45, 2.75) is 25.3 Å². The lowest BCUT2D eigenvalue weighted by molar-refractivity contribution is -0.122. The highest BCUT2D eigenvalue weighted by Gasteiger charge is 2.30. The van der Waals surface area contributed by atoms with Crippen LogP contribution in [0, 0.1) is 0 Å². The van der Waals surface area contributed by atoms with Gasteiger partial charge in [0.2, 0.25) is 5.91 Å². The van der Waals surface area contributed by atoms with E-state index < -0.39 is 0 Å². The summed E-state index contributed by atoms with van der Waals surface area (Å²) in [6.07, 6.45) is 2.34. The number of ether oxygens (including phenoxy) is 4. The SMILES string of the molecule is COc1ccc(CC2c3cc(OC)c(OC)cc3CCN2CC(=O)NCCc2ccccc2)cc1OC.